The van der Waals surface area contributed by atoms with Crippen molar-refractivity contribution in [2.45, 2.75) is 56.8 Å². The molecule has 226 valence electrons. The molecule has 43 heavy (non-hydrogen) atoms. The Morgan fingerprint density at radius 1 is 0.884 bits per heavy atom. The first-order valence-corrected chi connectivity index (χ1v) is 15.7. The van der Waals surface area contributed by atoms with Crippen LogP contribution in [0.15, 0.2) is 46.6 Å². The number of hydrazone groups is 2. The number of rotatable bonds is 9. The highest BCUT2D eigenvalue weighted by molar-refractivity contribution is 14.1. The van der Waals surface area contributed by atoms with E-state index in [2.05, 4.69) is 43.6 Å². The molecule has 2 amide bonds. The molecule has 4 fully saturated rings. The monoisotopic (exact) mass is 720 g/mol. The largest absolute Gasteiger partial charge is 0.288 e. The lowest BCUT2D eigenvalue weighted by atomic mass is 9.43. The summed E-state index contributed by atoms with van der Waals surface area (Å²) in [4.78, 5) is 49.1. The fourth-order valence-corrected chi connectivity index (χ4v) is 8.21. The predicted molar refractivity (Wildman–Crippen MR) is 169 cm³/mol. The molecule has 14 heteroatoms. The molecule has 2 aromatic carbocycles. The summed E-state index contributed by atoms with van der Waals surface area (Å²) in [5.74, 6) is -0.0702. The van der Waals surface area contributed by atoms with Gasteiger partial charge in [-0.25, -0.2) is 10.9 Å². The Morgan fingerprint density at radius 3 is 1.81 bits per heavy atom. The third kappa shape index (κ3) is 6.01. The Hall–Kier alpha value is -3.46. The fraction of sp³-hybridized carbons (Fsp3) is 0.448. The first-order valence-electron chi connectivity index (χ1n) is 13.8. The van der Waals surface area contributed by atoms with Crippen molar-refractivity contribution in [2.24, 2.45) is 32.9 Å². The van der Waals surface area contributed by atoms with Gasteiger partial charge in [-0.05, 0) is 70.3 Å². The highest BCUT2D eigenvalue weighted by Gasteiger charge is 2.63. The molecule has 0 aliphatic heterocycles. The molecule has 2 N–H and O–H groups in total. The zero-order valence-electron chi connectivity index (χ0n) is 23.6. The van der Waals surface area contributed by atoms with E-state index in [0.29, 0.717) is 64.6 Å². The van der Waals surface area contributed by atoms with Crippen LogP contribution in [-0.2, 0) is 14.0 Å². The number of halogens is 2. The molecule has 6 rings (SSSR count). The van der Waals surface area contributed by atoms with Gasteiger partial charge in [-0.3, -0.25) is 29.8 Å². The summed E-state index contributed by atoms with van der Waals surface area (Å²) >= 11 is 8.00. The zero-order chi connectivity index (χ0) is 31.1. The highest BCUT2D eigenvalue weighted by atomic mass is 127. The maximum atomic E-state index is 13.7. The van der Waals surface area contributed by atoms with E-state index in [0.717, 1.165) is 6.42 Å². The molecule has 12 nitrogen and oxygen atoms in total. The minimum atomic E-state index is -0.758. The van der Waals surface area contributed by atoms with Crippen molar-refractivity contribution in [3.05, 3.63) is 78.3 Å². The summed E-state index contributed by atoms with van der Waals surface area (Å²) in [5, 5.41) is 31.3. The van der Waals surface area contributed by atoms with Gasteiger partial charge in [0.05, 0.1) is 32.1 Å². The molecule has 0 saturated heterocycles. The third-order valence-electron chi connectivity index (χ3n) is 9.08. The Bertz CT molecular complexity index is 1580. The van der Waals surface area contributed by atoms with Crippen molar-refractivity contribution in [1.29, 1.82) is 0 Å². The summed E-state index contributed by atoms with van der Waals surface area (Å²) in [6.07, 6.45) is 4.02. The van der Waals surface area contributed by atoms with Gasteiger partial charge in [0.2, 0.25) is 11.8 Å². The quantitative estimate of drug-likeness (QED) is 0.105. The topological polar surface area (TPSA) is 169 Å². The van der Waals surface area contributed by atoms with Gasteiger partial charge in [0, 0.05) is 33.3 Å². The van der Waals surface area contributed by atoms with Gasteiger partial charge in [0.1, 0.15) is 5.02 Å². The van der Waals surface area contributed by atoms with E-state index < -0.39 is 20.7 Å². The number of carbonyl (C=O) groups excluding carboxylic acids is 2. The van der Waals surface area contributed by atoms with Crippen LogP contribution >= 0.6 is 34.2 Å². The predicted octanol–water partition coefficient (Wildman–Crippen LogP) is 6.06. The first-order chi connectivity index (χ1) is 20.4. The van der Waals surface area contributed by atoms with Crippen LogP contribution in [0, 0.1) is 42.9 Å². The Balaban J connectivity index is 1.32. The van der Waals surface area contributed by atoms with Crippen molar-refractivity contribution < 1.29 is 19.4 Å². The lowest BCUT2D eigenvalue weighted by Crippen LogP contribution is -2.60. The first kappa shape index (κ1) is 31.0. The van der Waals surface area contributed by atoms with Crippen molar-refractivity contribution in [1.82, 2.24) is 10.9 Å². The van der Waals surface area contributed by atoms with E-state index in [1.807, 2.05) is 0 Å². The number of nitrogens with one attached hydrogen (secondary N) is 2. The molecule has 0 spiro atoms. The number of nitrogens with zero attached hydrogens (tertiary/aromatic N) is 4. The van der Waals surface area contributed by atoms with Crippen LogP contribution in [0.3, 0.4) is 0 Å². The van der Waals surface area contributed by atoms with E-state index in [9.17, 15) is 29.8 Å². The summed E-state index contributed by atoms with van der Waals surface area (Å²) in [7, 11) is 0. The SMILES string of the molecule is C/C(=N\NC(=O)C12CC3CC(C1)CC(C(=O)N/N=C(\C)c1ccc(CI)c([N+](=O)[O-])c1)(C3)C2)c1ccc(Cl)c([N+](=O)[O-])c1. The van der Waals surface area contributed by atoms with Crippen molar-refractivity contribution >= 4 is 68.8 Å². The van der Waals surface area contributed by atoms with E-state index >= 15 is 0 Å². The van der Waals surface area contributed by atoms with Gasteiger partial charge < -0.3 is 0 Å². The van der Waals surface area contributed by atoms with Crippen LogP contribution in [-0.4, -0.2) is 33.1 Å². The third-order valence-corrected chi connectivity index (χ3v) is 10.2. The minimum absolute atomic E-state index is 0.00833. The second-order valence-corrected chi connectivity index (χ2v) is 13.1. The van der Waals surface area contributed by atoms with E-state index in [-0.39, 0.29) is 40.0 Å². The standard InChI is InChI=1S/C29H30ClIN6O6/c1-16(20-3-4-22(14-31)24(8-20)36(40)41)32-34-26(38)28-10-18-7-19(11-28)13-29(12-18,15-28)27(39)35-33-17(2)21-5-6-23(30)25(9-21)37(42)43/h3-6,8-9,18-19H,7,10-15H2,1-2H3,(H,34,38)(H,35,39)/b32-16+,33-17+. The van der Waals surface area contributed by atoms with E-state index in [1.54, 1.807) is 32.0 Å². The number of carbonyl (C=O) groups is 2. The molecule has 4 aliphatic rings. The van der Waals surface area contributed by atoms with Gasteiger partial charge in [0.15, 0.2) is 0 Å². The Morgan fingerprint density at radius 2 is 1.35 bits per heavy atom. The molecule has 0 aromatic heterocycles. The number of nitro benzene ring substituents is 2. The molecule has 0 radical (unpaired) electrons. The molecule has 4 saturated carbocycles. The fourth-order valence-electron chi connectivity index (χ4n) is 7.38. The number of hydrogen-bond donors (Lipinski definition) is 2. The van der Waals surface area contributed by atoms with Crippen LogP contribution in [0.4, 0.5) is 11.4 Å². The van der Waals surface area contributed by atoms with Crippen LogP contribution in [0.2, 0.25) is 5.02 Å². The lowest BCUT2D eigenvalue weighted by Gasteiger charge is -2.60. The zero-order valence-corrected chi connectivity index (χ0v) is 26.5. The molecule has 4 bridgehead atoms. The minimum Gasteiger partial charge on any atom is -0.273 e. The van der Waals surface area contributed by atoms with Crippen molar-refractivity contribution in [3.8, 4) is 0 Å². The summed E-state index contributed by atoms with van der Waals surface area (Å²) in [6.45, 7) is 3.33. The van der Waals surface area contributed by atoms with Crippen LogP contribution in [0.1, 0.15) is 69.1 Å². The summed E-state index contributed by atoms with van der Waals surface area (Å²) in [6, 6.07) is 9.25. The second-order valence-electron chi connectivity index (χ2n) is 12.0. The Labute approximate surface area is 266 Å². The maximum absolute atomic E-state index is 13.7. The molecule has 4 aliphatic carbocycles. The maximum Gasteiger partial charge on any atom is 0.288 e. The number of hydrogen-bond acceptors (Lipinski definition) is 8. The van der Waals surface area contributed by atoms with Crippen molar-refractivity contribution in [3.63, 3.8) is 0 Å². The smallest absolute Gasteiger partial charge is 0.273 e. The Kier molecular flexibility index (Phi) is 8.58. The number of alkyl halides is 1. The van der Waals surface area contributed by atoms with Crippen LogP contribution < -0.4 is 10.9 Å². The molecule has 2 aromatic rings. The average molecular weight is 721 g/mol. The second kappa shape index (κ2) is 11.9. The number of nitro groups is 2. The lowest BCUT2D eigenvalue weighted by molar-refractivity contribution is -0.385. The van der Waals surface area contributed by atoms with Gasteiger partial charge in [-0.1, -0.05) is 52.4 Å². The molecular formula is C29H30ClIN6O6. The van der Waals surface area contributed by atoms with E-state index in [4.69, 9.17) is 11.6 Å². The van der Waals surface area contributed by atoms with Gasteiger partial charge in [-0.15, -0.1) is 0 Å². The number of benzene rings is 2. The summed E-state index contributed by atoms with van der Waals surface area (Å²) in [5.41, 5.74) is 6.10. The van der Waals surface area contributed by atoms with Gasteiger partial charge in [0.25, 0.3) is 11.4 Å². The molecule has 0 heterocycles. The molecular weight excluding hydrogens is 691 g/mol. The van der Waals surface area contributed by atoms with E-state index in [1.165, 1.54) is 18.2 Å². The van der Waals surface area contributed by atoms with Gasteiger partial charge in [-0.2, -0.15) is 10.2 Å². The number of amides is 2. The van der Waals surface area contributed by atoms with Crippen molar-refractivity contribution in [2.75, 3.05) is 0 Å². The normalized spacial score (nSPS) is 26.2. The molecule has 2 atom stereocenters. The van der Waals surface area contributed by atoms with Crippen LogP contribution in [0.5, 0.6) is 0 Å². The van der Waals surface area contributed by atoms with Crippen LogP contribution in [0.25, 0.3) is 0 Å². The average Bonchev–Trinajstić information content (AvgIpc) is 2.97. The van der Waals surface area contributed by atoms with Gasteiger partial charge >= 0.3 is 0 Å². The summed E-state index contributed by atoms with van der Waals surface area (Å²) < 4.78 is 0.496. The molecule has 2 unspecified atom stereocenters. The highest BCUT2D eigenvalue weighted by Crippen LogP contribution is 2.65.